The second kappa shape index (κ2) is 17.2. The number of aliphatic imine (C=N–C) groups is 1. The van der Waals surface area contributed by atoms with Gasteiger partial charge in [-0.05, 0) is 44.9 Å². The fourth-order valence-corrected chi connectivity index (χ4v) is 5.60. The van der Waals surface area contributed by atoms with E-state index >= 15 is 0 Å². The van der Waals surface area contributed by atoms with Crippen LogP contribution in [-0.4, -0.2) is 85.1 Å². The summed E-state index contributed by atoms with van der Waals surface area (Å²) in [6.07, 6.45) is 7.08. The molecule has 6 N–H and O–H groups in total. The fraction of sp³-hybridized carbons (Fsp3) is 0.806. The molecule has 12 heteroatoms. The fourth-order valence-electron chi connectivity index (χ4n) is 5.60. The minimum absolute atomic E-state index is 0.128. The number of Topliss-reactive ketones (excluding diaryl/α,β-unsaturated/α-hetero) is 1. The standard InChI is InChI=1S/C31H55N7O5/c1-7-23-29(43)36-24(18-21-12-9-8-10-13-21)28(42)33-17-15-31(4,37-26(40)20(2)3)25(39)19-22(27(41)35-23)14-11-16-34-30(32)38(5)6/h20-24H,7-19H2,1-6H3,(H2,32,34)(H,33,42)(H,35,41)(H,36,43)(H,37,40)/t22-,23+,24-,31-/m1/s1. The van der Waals surface area contributed by atoms with E-state index in [0.717, 1.165) is 25.7 Å². The van der Waals surface area contributed by atoms with E-state index in [1.54, 1.807) is 46.7 Å². The highest BCUT2D eigenvalue weighted by molar-refractivity contribution is 5.97. The van der Waals surface area contributed by atoms with Gasteiger partial charge in [-0.2, -0.15) is 0 Å². The largest absolute Gasteiger partial charge is 0.370 e. The van der Waals surface area contributed by atoms with Crippen molar-refractivity contribution in [1.82, 2.24) is 26.2 Å². The monoisotopic (exact) mass is 605 g/mol. The number of nitrogens with one attached hydrogen (secondary N) is 4. The van der Waals surface area contributed by atoms with Crippen LogP contribution in [0.5, 0.6) is 0 Å². The quantitative estimate of drug-likeness (QED) is 0.151. The van der Waals surface area contributed by atoms with Crippen LogP contribution in [0.15, 0.2) is 4.99 Å². The summed E-state index contributed by atoms with van der Waals surface area (Å²) in [5, 5.41) is 11.6. The van der Waals surface area contributed by atoms with E-state index in [0.29, 0.717) is 44.1 Å². The van der Waals surface area contributed by atoms with Crippen molar-refractivity contribution in [3.63, 3.8) is 0 Å². The number of nitrogens with zero attached hydrogens (tertiary/aromatic N) is 2. The molecule has 0 spiro atoms. The minimum Gasteiger partial charge on any atom is -0.370 e. The Bertz CT molecular complexity index is 1010. The second-order valence-electron chi connectivity index (χ2n) is 12.9. The Hall–Kier alpha value is -3.18. The van der Waals surface area contributed by atoms with Crippen LogP contribution >= 0.6 is 0 Å². The molecule has 0 aromatic carbocycles. The number of guanidine groups is 1. The van der Waals surface area contributed by atoms with Crippen molar-refractivity contribution >= 4 is 35.4 Å². The first kappa shape index (κ1) is 36.0. The van der Waals surface area contributed by atoms with E-state index in [4.69, 9.17) is 5.73 Å². The van der Waals surface area contributed by atoms with Crippen molar-refractivity contribution in [2.45, 2.75) is 116 Å². The van der Waals surface area contributed by atoms with Crippen LogP contribution in [0.4, 0.5) is 0 Å². The number of carbonyl (C=O) groups is 5. The lowest BCUT2D eigenvalue weighted by atomic mass is 9.83. The lowest BCUT2D eigenvalue weighted by Crippen LogP contribution is -2.58. The van der Waals surface area contributed by atoms with Crippen molar-refractivity contribution in [1.29, 1.82) is 0 Å². The number of hydrogen-bond donors (Lipinski definition) is 5. The first-order chi connectivity index (χ1) is 20.3. The van der Waals surface area contributed by atoms with Gasteiger partial charge in [0.15, 0.2) is 11.7 Å². The third-order valence-corrected chi connectivity index (χ3v) is 8.68. The molecule has 244 valence electrons. The molecule has 0 unspecified atom stereocenters. The van der Waals surface area contributed by atoms with Gasteiger partial charge in [-0.15, -0.1) is 0 Å². The van der Waals surface area contributed by atoms with Gasteiger partial charge in [0, 0.05) is 45.4 Å². The number of carbonyl (C=O) groups excluding carboxylic acids is 5. The van der Waals surface area contributed by atoms with Crippen molar-refractivity contribution in [2.24, 2.45) is 28.5 Å². The Labute approximate surface area is 257 Å². The average molecular weight is 606 g/mol. The number of amides is 4. The van der Waals surface area contributed by atoms with Gasteiger partial charge in [0.1, 0.15) is 12.1 Å². The first-order valence-corrected chi connectivity index (χ1v) is 16.0. The molecule has 0 bridgehead atoms. The third kappa shape index (κ3) is 11.4. The van der Waals surface area contributed by atoms with E-state index in [9.17, 15) is 24.0 Å². The Morgan fingerprint density at radius 2 is 1.70 bits per heavy atom. The zero-order valence-corrected chi connectivity index (χ0v) is 27.1. The van der Waals surface area contributed by atoms with Crippen molar-refractivity contribution in [3.8, 4) is 0 Å². The Balaban J connectivity index is 2.37. The molecule has 4 atom stereocenters. The predicted octanol–water partition coefficient (Wildman–Crippen LogP) is 1.62. The molecule has 4 amide bonds. The highest BCUT2D eigenvalue weighted by atomic mass is 16.2. The molecule has 2 rings (SSSR count). The van der Waals surface area contributed by atoms with Crippen LogP contribution in [0, 0.1) is 17.8 Å². The van der Waals surface area contributed by atoms with Crippen LogP contribution < -0.4 is 27.0 Å². The molecule has 1 aliphatic carbocycles. The van der Waals surface area contributed by atoms with Gasteiger partial charge in [0.25, 0.3) is 0 Å². The van der Waals surface area contributed by atoms with Crippen LogP contribution in [-0.2, 0) is 24.0 Å². The highest BCUT2D eigenvalue weighted by Crippen LogP contribution is 2.28. The maximum atomic E-state index is 13.8. The molecule has 0 radical (unpaired) electrons. The first-order valence-electron chi connectivity index (χ1n) is 16.0. The summed E-state index contributed by atoms with van der Waals surface area (Å²) in [6.45, 7) is 7.43. The molecular formula is C31H55N7O5. The zero-order chi connectivity index (χ0) is 32.2. The second-order valence-corrected chi connectivity index (χ2v) is 12.9. The van der Waals surface area contributed by atoms with Crippen LogP contribution in [0.2, 0.25) is 0 Å². The Kier molecular flexibility index (Phi) is 14.4. The molecule has 0 aromatic rings. The smallest absolute Gasteiger partial charge is 0.243 e. The molecule has 1 heterocycles. The van der Waals surface area contributed by atoms with Crippen molar-refractivity contribution < 1.29 is 24.0 Å². The van der Waals surface area contributed by atoms with Crippen LogP contribution in [0.1, 0.15) is 98.3 Å². The SMILES string of the molecule is CC[C@@H]1NC(=O)[C@H](CCCN=C(N)N(C)C)CC(=O)[C@](C)(NC(=O)C(C)C)CCNC(=O)[C@@H](CC2CCCCC2)NC1=O. The van der Waals surface area contributed by atoms with E-state index in [1.807, 2.05) is 0 Å². The van der Waals surface area contributed by atoms with Gasteiger partial charge in [-0.25, -0.2) is 0 Å². The molecule has 1 saturated carbocycles. The molecule has 2 aliphatic rings. The highest BCUT2D eigenvalue weighted by Gasteiger charge is 2.39. The molecular weight excluding hydrogens is 550 g/mol. The number of nitrogens with two attached hydrogens (primary N) is 1. The molecule has 1 saturated heterocycles. The molecule has 12 nitrogen and oxygen atoms in total. The Morgan fingerprint density at radius 3 is 2.30 bits per heavy atom. The van der Waals surface area contributed by atoms with Gasteiger partial charge in [-0.3, -0.25) is 29.0 Å². The van der Waals surface area contributed by atoms with Crippen molar-refractivity contribution in [2.75, 3.05) is 27.2 Å². The van der Waals surface area contributed by atoms with Gasteiger partial charge in [0.2, 0.25) is 23.6 Å². The maximum absolute atomic E-state index is 13.8. The van der Waals surface area contributed by atoms with E-state index in [1.165, 1.54) is 6.42 Å². The van der Waals surface area contributed by atoms with Gasteiger partial charge < -0.3 is 31.9 Å². The summed E-state index contributed by atoms with van der Waals surface area (Å²) in [6, 6.07) is -1.61. The molecule has 1 aliphatic heterocycles. The van der Waals surface area contributed by atoms with Gasteiger partial charge >= 0.3 is 0 Å². The number of rotatable bonds is 9. The summed E-state index contributed by atoms with van der Waals surface area (Å²) >= 11 is 0. The molecule has 43 heavy (non-hydrogen) atoms. The number of ketones is 1. The van der Waals surface area contributed by atoms with E-state index in [2.05, 4.69) is 26.3 Å². The van der Waals surface area contributed by atoms with Crippen molar-refractivity contribution in [3.05, 3.63) is 0 Å². The average Bonchev–Trinajstić information content (AvgIpc) is 2.96. The van der Waals surface area contributed by atoms with Gasteiger partial charge in [0.05, 0.1) is 5.54 Å². The minimum atomic E-state index is -1.29. The maximum Gasteiger partial charge on any atom is 0.243 e. The summed E-state index contributed by atoms with van der Waals surface area (Å²) in [4.78, 5) is 72.9. The third-order valence-electron chi connectivity index (χ3n) is 8.68. The summed E-state index contributed by atoms with van der Waals surface area (Å²) in [5.74, 6) is -2.14. The molecule has 2 fully saturated rings. The van der Waals surface area contributed by atoms with E-state index < -0.39 is 35.4 Å². The number of hydrogen-bond acceptors (Lipinski definition) is 6. The Morgan fingerprint density at radius 1 is 1.05 bits per heavy atom. The van der Waals surface area contributed by atoms with E-state index in [-0.39, 0.29) is 42.9 Å². The summed E-state index contributed by atoms with van der Waals surface area (Å²) < 4.78 is 0. The normalized spacial score (nSPS) is 27.1. The lowest BCUT2D eigenvalue weighted by Gasteiger charge is -2.33. The van der Waals surface area contributed by atoms with Gasteiger partial charge in [-0.1, -0.05) is 52.9 Å². The zero-order valence-electron chi connectivity index (χ0n) is 27.1. The lowest BCUT2D eigenvalue weighted by molar-refractivity contribution is -0.137. The summed E-state index contributed by atoms with van der Waals surface area (Å²) in [5.41, 5.74) is 4.60. The van der Waals surface area contributed by atoms with Crippen LogP contribution in [0.3, 0.4) is 0 Å². The predicted molar refractivity (Wildman–Crippen MR) is 167 cm³/mol. The van der Waals surface area contributed by atoms with Crippen LogP contribution in [0.25, 0.3) is 0 Å². The summed E-state index contributed by atoms with van der Waals surface area (Å²) in [7, 11) is 3.57. The molecule has 0 aromatic heterocycles. The topological polar surface area (TPSA) is 175 Å².